The van der Waals surface area contributed by atoms with Gasteiger partial charge in [-0.25, -0.2) is 0 Å². The second-order valence-corrected chi connectivity index (χ2v) is 11.5. The summed E-state index contributed by atoms with van der Waals surface area (Å²) in [6.45, 7) is 0.416. The lowest BCUT2D eigenvalue weighted by Gasteiger charge is -2.22. The predicted molar refractivity (Wildman–Crippen MR) is 175 cm³/mol. The number of ether oxygens (including phenoxy) is 5. The quantitative estimate of drug-likeness (QED) is 0.283. The van der Waals surface area contributed by atoms with Crippen LogP contribution in [0.15, 0.2) is 65.2 Å². The van der Waals surface area contributed by atoms with Gasteiger partial charge in [0.05, 0.1) is 39.5 Å². The Bertz CT molecular complexity index is 1830. The summed E-state index contributed by atoms with van der Waals surface area (Å²) in [6.07, 6.45) is 0.527. The van der Waals surface area contributed by atoms with Crippen molar-refractivity contribution >= 4 is 17.7 Å². The molecule has 4 bridgehead atoms. The topological polar surface area (TPSA) is 164 Å². The van der Waals surface area contributed by atoms with E-state index in [0.717, 1.165) is 5.56 Å². The number of fused-ring (bicyclic) bond motifs is 7. The van der Waals surface area contributed by atoms with Gasteiger partial charge in [0.2, 0.25) is 17.6 Å². The number of amides is 3. The third-order valence-corrected chi connectivity index (χ3v) is 8.31. The molecule has 1 saturated heterocycles. The van der Waals surface area contributed by atoms with Crippen LogP contribution in [0.4, 0.5) is 0 Å². The maximum absolute atomic E-state index is 13.5. The van der Waals surface area contributed by atoms with E-state index in [0.29, 0.717) is 53.1 Å². The standard InChI is InChI=1S/C35H37N5O9/c1-44-25-8-5-4-7-23(25)34-38-32(49-39-34)9-6-10-33(42)40-18-24-30(19-40)48-27-13-11-21(15-28(27)46-3)17-36-31(41)20-47-29-16-22(35(43)37-24)12-14-26(29)45-2/h4-5,7-8,11-16,24,30H,6,9-10,17-20H2,1-3H3,(H,36,41)(H,37,43)/t24-,30-/m0/s1. The molecule has 2 N–H and O–H groups in total. The number of methoxy groups -OCH3 is 3. The number of aryl methyl sites for hydroxylation is 1. The van der Waals surface area contributed by atoms with Gasteiger partial charge in [-0.05, 0) is 54.4 Å². The van der Waals surface area contributed by atoms with Crippen LogP contribution in [-0.4, -0.2) is 85.9 Å². The summed E-state index contributed by atoms with van der Waals surface area (Å²) in [5.41, 5.74) is 1.79. The zero-order valence-corrected chi connectivity index (χ0v) is 27.4. The van der Waals surface area contributed by atoms with Gasteiger partial charge in [0.15, 0.2) is 29.6 Å². The summed E-state index contributed by atoms with van der Waals surface area (Å²) < 4.78 is 33.9. The second kappa shape index (κ2) is 15.0. The van der Waals surface area contributed by atoms with Crippen LogP contribution in [0.5, 0.6) is 28.7 Å². The molecule has 1 aromatic heterocycles. The number of hydrogen-bond acceptors (Lipinski definition) is 11. The summed E-state index contributed by atoms with van der Waals surface area (Å²) in [4.78, 5) is 45.7. The molecule has 7 rings (SSSR count). The fourth-order valence-electron chi connectivity index (χ4n) is 5.74. The van der Waals surface area contributed by atoms with Gasteiger partial charge in [0.1, 0.15) is 11.9 Å². The molecule has 0 radical (unpaired) electrons. The van der Waals surface area contributed by atoms with Crippen LogP contribution in [0.1, 0.15) is 34.7 Å². The maximum Gasteiger partial charge on any atom is 0.258 e. The van der Waals surface area contributed by atoms with Gasteiger partial charge in [-0.15, -0.1) is 0 Å². The molecule has 49 heavy (non-hydrogen) atoms. The Kier molecular flexibility index (Phi) is 10.1. The molecule has 0 saturated carbocycles. The van der Waals surface area contributed by atoms with E-state index in [4.69, 9.17) is 28.2 Å². The van der Waals surface area contributed by atoms with Crippen LogP contribution in [0, 0.1) is 0 Å². The summed E-state index contributed by atoms with van der Waals surface area (Å²) in [7, 11) is 4.57. The Hall–Kier alpha value is -5.79. The van der Waals surface area contributed by atoms with Crippen molar-refractivity contribution < 1.29 is 42.6 Å². The molecule has 4 aromatic rings. The highest BCUT2D eigenvalue weighted by Crippen LogP contribution is 2.32. The molecule has 0 spiro atoms. The van der Waals surface area contributed by atoms with Crippen molar-refractivity contribution in [2.24, 2.45) is 0 Å². The largest absolute Gasteiger partial charge is 0.496 e. The van der Waals surface area contributed by atoms with Gasteiger partial charge < -0.3 is 43.7 Å². The predicted octanol–water partition coefficient (Wildman–Crippen LogP) is 3.18. The third-order valence-electron chi connectivity index (χ3n) is 8.31. The first kappa shape index (κ1) is 33.1. The van der Waals surface area contributed by atoms with Gasteiger partial charge in [0, 0.05) is 31.5 Å². The van der Waals surface area contributed by atoms with E-state index in [2.05, 4.69) is 20.8 Å². The number of likely N-dealkylation sites (tertiary alicyclic amines) is 1. The molecule has 14 heteroatoms. The number of carbonyl (C=O) groups excluding carboxylic acids is 3. The van der Waals surface area contributed by atoms with E-state index in [-0.39, 0.29) is 55.8 Å². The van der Waals surface area contributed by atoms with Crippen molar-refractivity contribution in [3.05, 3.63) is 77.7 Å². The highest BCUT2D eigenvalue weighted by molar-refractivity contribution is 5.95. The number of benzene rings is 3. The summed E-state index contributed by atoms with van der Waals surface area (Å²) >= 11 is 0. The number of para-hydroxylation sites is 1. The molecule has 3 aromatic carbocycles. The fraction of sp³-hybridized carbons (Fsp3) is 0.343. The molecule has 14 nitrogen and oxygen atoms in total. The third kappa shape index (κ3) is 7.69. The van der Waals surface area contributed by atoms with E-state index in [1.165, 1.54) is 20.3 Å². The second-order valence-electron chi connectivity index (χ2n) is 11.5. The van der Waals surface area contributed by atoms with Crippen LogP contribution >= 0.6 is 0 Å². The van der Waals surface area contributed by atoms with Gasteiger partial charge in [-0.2, -0.15) is 4.98 Å². The minimum Gasteiger partial charge on any atom is -0.496 e. The average Bonchev–Trinajstić information content (AvgIpc) is 3.76. The summed E-state index contributed by atoms with van der Waals surface area (Å²) in [5.74, 6) is 2.11. The minimum atomic E-state index is -0.587. The molecular formula is C35H37N5O9. The molecule has 1 fully saturated rings. The molecule has 4 heterocycles. The fourth-order valence-corrected chi connectivity index (χ4v) is 5.74. The first-order valence-electron chi connectivity index (χ1n) is 15.8. The molecule has 256 valence electrons. The molecular weight excluding hydrogens is 634 g/mol. The van der Waals surface area contributed by atoms with Crippen molar-refractivity contribution in [3.63, 3.8) is 0 Å². The number of rotatable bonds is 8. The molecule has 0 aliphatic carbocycles. The number of hydrogen-bond donors (Lipinski definition) is 2. The van der Waals surface area contributed by atoms with E-state index < -0.39 is 18.1 Å². The van der Waals surface area contributed by atoms with Gasteiger partial charge >= 0.3 is 0 Å². The number of nitrogens with one attached hydrogen (secondary N) is 2. The highest BCUT2D eigenvalue weighted by atomic mass is 16.5. The normalized spacial score (nSPS) is 17.6. The molecule has 3 aliphatic heterocycles. The Morgan fingerprint density at radius 2 is 1.76 bits per heavy atom. The molecule has 3 aliphatic rings. The van der Waals surface area contributed by atoms with Crippen molar-refractivity contribution in [1.82, 2.24) is 25.7 Å². The average molecular weight is 672 g/mol. The number of nitrogens with zero attached hydrogens (tertiary/aromatic N) is 3. The Morgan fingerprint density at radius 1 is 0.939 bits per heavy atom. The zero-order valence-electron chi connectivity index (χ0n) is 27.4. The van der Waals surface area contributed by atoms with Crippen LogP contribution in [0.3, 0.4) is 0 Å². The van der Waals surface area contributed by atoms with E-state index in [1.807, 2.05) is 30.3 Å². The van der Waals surface area contributed by atoms with Crippen LogP contribution in [0.2, 0.25) is 0 Å². The van der Waals surface area contributed by atoms with E-state index >= 15 is 0 Å². The first-order valence-corrected chi connectivity index (χ1v) is 15.8. The lowest BCUT2D eigenvalue weighted by atomic mass is 10.1. The number of carbonyl (C=O) groups is 3. The van der Waals surface area contributed by atoms with Crippen molar-refractivity contribution in [2.75, 3.05) is 41.0 Å². The SMILES string of the molecule is COc1ccc2cc1OCC(=O)NCc1ccc(c(OC)c1)O[C@H]1CN(C(=O)CCCc3nc(-c4ccccc4OC)no3)C[C@@H]1NC2=O. The Balaban J connectivity index is 1.17. The highest BCUT2D eigenvalue weighted by Gasteiger charge is 2.38. The van der Waals surface area contributed by atoms with Crippen molar-refractivity contribution in [2.45, 2.75) is 38.0 Å². The summed E-state index contributed by atoms with van der Waals surface area (Å²) in [5, 5.41) is 9.92. The van der Waals surface area contributed by atoms with Crippen molar-refractivity contribution in [1.29, 1.82) is 0 Å². The molecule has 0 unspecified atom stereocenters. The maximum atomic E-state index is 13.5. The van der Waals surface area contributed by atoms with Crippen LogP contribution in [0.25, 0.3) is 11.4 Å². The minimum absolute atomic E-state index is 0.102. The number of aromatic nitrogens is 2. The van der Waals surface area contributed by atoms with E-state index in [9.17, 15) is 14.4 Å². The monoisotopic (exact) mass is 671 g/mol. The van der Waals surface area contributed by atoms with Crippen molar-refractivity contribution in [3.8, 4) is 40.1 Å². The zero-order chi connectivity index (χ0) is 34.3. The van der Waals surface area contributed by atoms with Crippen LogP contribution < -0.4 is 34.3 Å². The molecule has 3 amide bonds. The summed E-state index contributed by atoms with van der Waals surface area (Å²) in [6, 6.07) is 16.9. The smallest absolute Gasteiger partial charge is 0.258 e. The van der Waals surface area contributed by atoms with Crippen LogP contribution in [-0.2, 0) is 22.6 Å². The van der Waals surface area contributed by atoms with Gasteiger partial charge in [-0.3, -0.25) is 14.4 Å². The lowest BCUT2D eigenvalue weighted by molar-refractivity contribution is -0.130. The lowest BCUT2D eigenvalue weighted by Crippen LogP contribution is -2.45. The first-order chi connectivity index (χ1) is 23.8. The van der Waals surface area contributed by atoms with Gasteiger partial charge in [0.25, 0.3) is 11.8 Å². The Labute approximate surface area is 282 Å². The molecule has 2 atom stereocenters. The van der Waals surface area contributed by atoms with Gasteiger partial charge in [-0.1, -0.05) is 23.4 Å². The Morgan fingerprint density at radius 3 is 2.57 bits per heavy atom. The van der Waals surface area contributed by atoms with E-state index in [1.54, 1.807) is 36.3 Å².